The van der Waals surface area contributed by atoms with Gasteiger partial charge >= 0.3 is 0 Å². The molecular weight excluding hydrogens is 280 g/mol. The molecule has 96 valence electrons. The summed E-state index contributed by atoms with van der Waals surface area (Å²) >= 11 is 7.58. The van der Waals surface area contributed by atoms with Crippen molar-refractivity contribution in [3.05, 3.63) is 52.5 Å². The maximum atomic E-state index is 10.2. The van der Waals surface area contributed by atoms with Crippen molar-refractivity contribution in [1.29, 1.82) is 0 Å². The molecule has 0 aliphatic carbocycles. The first kappa shape index (κ1) is 12.5. The number of aliphatic hydroxyl groups excluding tert-OH is 1. The number of hydrogen-bond donors (Lipinski definition) is 1. The lowest BCUT2D eigenvalue weighted by molar-refractivity contribution is 0.413. The van der Waals surface area contributed by atoms with Crippen molar-refractivity contribution in [3.63, 3.8) is 0 Å². The van der Waals surface area contributed by atoms with Gasteiger partial charge < -0.3 is 9.84 Å². The van der Waals surface area contributed by atoms with Crippen molar-refractivity contribution in [2.45, 2.75) is 9.79 Å². The fourth-order valence-electron chi connectivity index (χ4n) is 1.98. The second-order valence-corrected chi connectivity index (χ2v) is 5.70. The van der Waals surface area contributed by atoms with E-state index >= 15 is 0 Å². The van der Waals surface area contributed by atoms with Crippen molar-refractivity contribution in [2.75, 3.05) is 7.11 Å². The number of ether oxygens (including phenoxy) is 1. The smallest absolute Gasteiger partial charge is 0.124 e. The third-order valence-corrected chi connectivity index (χ3v) is 4.33. The van der Waals surface area contributed by atoms with Crippen LogP contribution in [0, 0.1) is 0 Å². The standard InChI is InChI=1S/C15H11ClO2S/c1-18-11-4-2-9-6-13(17)12-7-10(16)3-5-14(12)19-15(9)8-11/h2-8,17H,1H3. The van der Waals surface area contributed by atoms with Crippen molar-refractivity contribution >= 4 is 35.2 Å². The van der Waals surface area contributed by atoms with Crippen molar-refractivity contribution in [2.24, 2.45) is 0 Å². The molecule has 0 unspecified atom stereocenters. The van der Waals surface area contributed by atoms with E-state index in [0.717, 1.165) is 26.7 Å². The van der Waals surface area contributed by atoms with Crippen LogP contribution in [0.1, 0.15) is 11.1 Å². The second-order valence-electron chi connectivity index (χ2n) is 4.18. The van der Waals surface area contributed by atoms with E-state index in [1.165, 1.54) is 0 Å². The molecule has 2 aromatic rings. The molecule has 2 nitrogen and oxygen atoms in total. The highest BCUT2D eigenvalue weighted by molar-refractivity contribution is 7.99. The van der Waals surface area contributed by atoms with Crippen LogP contribution in [-0.2, 0) is 0 Å². The largest absolute Gasteiger partial charge is 0.507 e. The van der Waals surface area contributed by atoms with E-state index in [9.17, 15) is 5.11 Å². The highest BCUT2D eigenvalue weighted by atomic mass is 35.5. The number of rotatable bonds is 1. The van der Waals surface area contributed by atoms with Gasteiger partial charge in [-0.1, -0.05) is 29.4 Å². The Bertz CT molecular complexity index is 680. The lowest BCUT2D eigenvalue weighted by Gasteiger charge is -2.07. The molecular formula is C15H11ClO2S. The summed E-state index contributed by atoms with van der Waals surface area (Å²) in [5, 5.41) is 10.8. The van der Waals surface area contributed by atoms with E-state index in [4.69, 9.17) is 16.3 Å². The molecule has 0 bridgehead atoms. The van der Waals surface area contributed by atoms with Gasteiger partial charge in [0, 0.05) is 20.4 Å². The SMILES string of the molecule is COc1ccc2c(c1)Sc1ccc(Cl)cc1C(O)=C2. The van der Waals surface area contributed by atoms with Crippen LogP contribution in [0.4, 0.5) is 0 Å². The normalized spacial score (nSPS) is 13.1. The summed E-state index contributed by atoms with van der Waals surface area (Å²) < 4.78 is 5.24. The van der Waals surface area contributed by atoms with Gasteiger partial charge in [-0.05, 0) is 42.0 Å². The van der Waals surface area contributed by atoms with Crippen molar-refractivity contribution in [1.82, 2.24) is 0 Å². The number of methoxy groups -OCH3 is 1. The maximum Gasteiger partial charge on any atom is 0.124 e. The predicted molar refractivity (Wildman–Crippen MR) is 79.1 cm³/mol. The van der Waals surface area contributed by atoms with Gasteiger partial charge in [0.2, 0.25) is 0 Å². The maximum absolute atomic E-state index is 10.2. The topological polar surface area (TPSA) is 29.5 Å². The van der Waals surface area contributed by atoms with Gasteiger partial charge in [0.25, 0.3) is 0 Å². The quantitative estimate of drug-likeness (QED) is 0.812. The van der Waals surface area contributed by atoms with Gasteiger partial charge in [-0.15, -0.1) is 0 Å². The monoisotopic (exact) mass is 290 g/mol. The molecule has 0 saturated carbocycles. The molecule has 1 aliphatic heterocycles. The van der Waals surface area contributed by atoms with Crippen LogP contribution < -0.4 is 4.74 Å². The molecule has 0 aromatic heterocycles. The number of halogens is 1. The summed E-state index contributed by atoms with van der Waals surface area (Å²) in [5.74, 6) is 1.03. The third-order valence-electron chi connectivity index (χ3n) is 2.95. The minimum Gasteiger partial charge on any atom is -0.507 e. The Morgan fingerprint density at radius 2 is 1.95 bits per heavy atom. The van der Waals surface area contributed by atoms with Crippen molar-refractivity contribution in [3.8, 4) is 5.75 Å². The summed E-state index contributed by atoms with van der Waals surface area (Å²) in [7, 11) is 1.64. The zero-order valence-electron chi connectivity index (χ0n) is 10.2. The summed E-state index contributed by atoms with van der Waals surface area (Å²) in [4.78, 5) is 2.03. The Kier molecular flexibility index (Phi) is 3.17. The minimum absolute atomic E-state index is 0.230. The molecule has 0 atom stereocenters. The Morgan fingerprint density at radius 3 is 2.74 bits per heavy atom. The van der Waals surface area contributed by atoms with Crippen molar-refractivity contribution < 1.29 is 9.84 Å². The highest BCUT2D eigenvalue weighted by Crippen LogP contribution is 2.41. The Labute approximate surface area is 120 Å². The first-order chi connectivity index (χ1) is 9.17. The molecule has 0 radical (unpaired) electrons. The third kappa shape index (κ3) is 2.31. The molecule has 0 spiro atoms. The Hall–Kier alpha value is -1.58. The molecule has 2 aromatic carbocycles. The van der Waals surface area contributed by atoms with Gasteiger partial charge in [-0.3, -0.25) is 0 Å². The average molecular weight is 291 g/mol. The molecule has 3 rings (SSSR count). The van der Waals surface area contributed by atoms with Gasteiger partial charge in [0.1, 0.15) is 11.5 Å². The van der Waals surface area contributed by atoms with Gasteiger partial charge in [-0.25, -0.2) is 0 Å². The second kappa shape index (κ2) is 4.83. The summed E-state index contributed by atoms with van der Waals surface area (Å²) in [6, 6.07) is 11.3. The number of hydrogen-bond acceptors (Lipinski definition) is 3. The van der Waals surface area contributed by atoms with Crippen LogP contribution in [-0.4, -0.2) is 12.2 Å². The number of aliphatic hydroxyl groups is 1. The van der Waals surface area contributed by atoms with Crippen LogP contribution in [0.15, 0.2) is 46.2 Å². The molecule has 1 heterocycles. The Morgan fingerprint density at radius 1 is 1.11 bits per heavy atom. The van der Waals surface area contributed by atoms with Crippen LogP contribution >= 0.6 is 23.4 Å². The van der Waals surface area contributed by atoms with Gasteiger partial charge in [-0.2, -0.15) is 0 Å². The van der Waals surface area contributed by atoms with Crippen LogP contribution in [0.5, 0.6) is 5.75 Å². The predicted octanol–water partition coefficient (Wildman–Crippen LogP) is 4.87. The molecule has 0 fully saturated rings. The average Bonchev–Trinajstić information content (AvgIpc) is 2.54. The lowest BCUT2D eigenvalue weighted by atomic mass is 10.1. The van der Waals surface area contributed by atoms with E-state index in [1.54, 1.807) is 31.0 Å². The van der Waals surface area contributed by atoms with E-state index < -0.39 is 0 Å². The molecule has 4 heteroatoms. The number of fused-ring (bicyclic) bond motifs is 2. The molecule has 1 aliphatic rings. The van der Waals surface area contributed by atoms with E-state index in [2.05, 4.69) is 0 Å². The summed E-state index contributed by atoms with van der Waals surface area (Å²) in [5.41, 5.74) is 1.73. The van der Waals surface area contributed by atoms with E-state index in [-0.39, 0.29) is 5.76 Å². The lowest BCUT2D eigenvalue weighted by Crippen LogP contribution is -1.85. The van der Waals surface area contributed by atoms with E-state index in [0.29, 0.717) is 5.02 Å². The summed E-state index contributed by atoms with van der Waals surface area (Å²) in [6.07, 6.45) is 1.75. The molecule has 1 N–H and O–H groups in total. The fourth-order valence-corrected chi connectivity index (χ4v) is 3.22. The minimum atomic E-state index is 0.230. The van der Waals surface area contributed by atoms with E-state index in [1.807, 2.05) is 30.3 Å². The van der Waals surface area contributed by atoms with Gasteiger partial charge in [0.05, 0.1) is 7.11 Å². The van der Waals surface area contributed by atoms with Gasteiger partial charge in [0.15, 0.2) is 0 Å². The zero-order valence-corrected chi connectivity index (χ0v) is 11.8. The Balaban J connectivity index is 2.18. The molecule has 19 heavy (non-hydrogen) atoms. The molecule has 0 amide bonds. The highest BCUT2D eigenvalue weighted by Gasteiger charge is 2.16. The fraction of sp³-hybridized carbons (Fsp3) is 0.0667. The zero-order chi connectivity index (χ0) is 13.4. The first-order valence-corrected chi connectivity index (χ1v) is 6.93. The van der Waals surface area contributed by atoms with Crippen LogP contribution in [0.3, 0.4) is 0 Å². The molecule has 0 saturated heterocycles. The first-order valence-electron chi connectivity index (χ1n) is 5.74. The number of benzene rings is 2. The van der Waals surface area contributed by atoms with Crippen LogP contribution in [0.2, 0.25) is 5.02 Å². The summed E-state index contributed by atoms with van der Waals surface area (Å²) in [6.45, 7) is 0. The van der Waals surface area contributed by atoms with Crippen LogP contribution in [0.25, 0.3) is 11.8 Å².